The molecule has 1 atom stereocenters. The van der Waals surface area contributed by atoms with E-state index in [1.165, 1.54) is 48.7 Å². The maximum absolute atomic E-state index is 5.23. The van der Waals surface area contributed by atoms with Crippen molar-refractivity contribution in [2.24, 2.45) is 0 Å². The molecule has 0 radical (unpaired) electrons. The Kier molecular flexibility index (Phi) is 10.3. The lowest BCUT2D eigenvalue weighted by atomic mass is 9.89. The van der Waals surface area contributed by atoms with Crippen LogP contribution in [0.4, 0.5) is 0 Å². The van der Waals surface area contributed by atoms with Gasteiger partial charge in [0.05, 0.1) is 21.1 Å². The maximum Gasteiger partial charge on any atom is 0.174 e. The van der Waals surface area contributed by atoms with Crippen LogP contribution in [0.25, 0.3) is 126 Å². The van der Waals surface area contributed by atoms with E-state index in [0.29, 0.717) is 25.7 Å². The molecule has 5 heterocycles. The Labute approximate surface area is 409 Å². The number of nitrogens with zero attached hydrogens (tertiary/aromatic N) is 5. The van der Waals surface area contributed by atoms with Crippen molar-refractivity contribution in [1.82, 2.24) is 24.9 Å². The molecule has 0 bridgehead atoms. The summed E-state index contributed by atoms with van der Waals surface area (Å²) >= 11 is 3.26. The molecule has 0 aliphatic heterocycles. The summed E-state index contributed by atoms with van der Waals surface area (Å²) in [5, 5.41) is 12.8. The van der Waals surface area contributed by atoms with E-state index in [1.807, 2.05) is 12.1 Å². The van der Waals surface area contributed by atoms with Crippen molar-refractivity contribution in [1.29, 1.82) is 0 Å². The zero-order valence-electron chi connectivity index (χ0n) is 37.4. The molecule has 12 aromatic rings. The van der Waals surface area contributed by atoms with Gasteiger partial charge >= 0.3 is 0 Å². The second-order valence-electron chi connectivity index (χ2n) is 17.4. The summed E-state index contributed by atoms with van der Waals surface area (Å²) in [5.74, 6) is 4.99. The summed E-state index contributed by atoms with van der Waals surface area (Å²) in [5.41, 5.74) is 13.1. The molecule has 69 heavy (non-hydrogen) atoms. The summed E-state index contributed by atoms with van der Waals surface area (Å²) in [6.07, 6.45) is 7.39. The molecule has 0 saturated carbocycles. The summed E-state index contributed by atoms with van der Waals surface area (Å²) in [7, 11) is 0.600. The van der Waals surface area contributed by atoms with Gasteiger partial charge in [0.2, 0.25) is 0 Å². The third kappa shape index (κ3) is 7.71. The molecule has 1 unspecified atom stereocenters. The highest BCUT2D eigenvalue weighted by Gasteiger charge is 2.19. The largest absolute Gasteiger partial charge is 0.228 e. The lowest BCUT2D eigenvalue weighted by Gasteiger charge is -2.15. The van der Waals surface area contributed by atoms with E-state index < -0.39 is 0 Å². The van der Waals surface area contributed by atoms with E-state index in [2.05, 4.69) is 199 Å². The van der Waals surface area contributed by atoms with E-state index in [4.69, 9.17) is 24.9 Å². The molecule has 5 aromatic heterocycles. The Morgan fingerprint density at radius 2 is 1.06 bits per heavy atom. The van der Waals surface area contributed by atoms with Crippen LogP contribution in [0.1, 0.15) is 17.7 Å². The fraction of sp³-hybridized carbons (Fsp3) is 0.0328. The zero-order chi connectivity index (χ0) is 45.8. The van der Waals surface area contributed by atoms with Gasteiger partial charge in [-0.1, -0.05) is 140 Å². The molecule has 5 nitrogen and oxygen atoms in total. The van der Waals surface area contributed by atoms with Crippen LogP contribution in [0.15, 0.2) is 205 Å². The second kappa shape index (κ2) is 17.3. The number of hydrogen-bond acceptors (Lipinski definition) is 7. The molecule has 8 heteroatoms. The minimum Gasteiger partial charge on any atom is -0.228 e. The Balaban J connectivity index is 0.932. The lowest BCUT2D eigenvalue weighted by Crippen LogP contribution is -2.01. The fourth-order valence-electron chi connectivity index (χ4n) is 9.63. The van der Waals surface area contributed by atoms with Crippen LogP contribution in [0.2, 0.25) is 0 Å². The first kappa shape index (κ1) is 41.3. The number of thiophene rings is 2. The van der Waals surface area contributed by atoms with E-state index in [1.54, 1.807) is 22.7 Å². The van der Waals surface area contributed by atoms with Crippen LogP contribution >= 0.6 is 30.9 Å². The van der Waals surface area contributed by atoms with Crippen LogP contribution in [0.3, 0.4) is 0 Å². The van der Waals surface area contributed by atoms with Crippen LogP contribution in [-0.4, -0.2) is 24.9 Å². The summed E-state index contributed by atoms with van der Waals surface area (Å²) < 4.78 is 0. The van der Waals surface area contributed by atoms with E-state index in [-0.39, 0.29) is 0 Å². The van der Waals surface area contributed by atoms with Crippen molar-refractivity contribution in [3.05, 3.63) is 216 Å². The van der Waals surface area contributed by atoms with Gasteiger partial charge in [-0.05, 0) is 150 Å². The number of hydrogen-bond donors (Lipinski definition) is 0. The van der Waals surface area contributed by atoms with Crippen molar-refractivity contribution < 1.29 is 0 Å². The maximum atomic E-state index is 5.23. The first-order valence-corrected chi connectivity index (χ1v) is 25.8. The van der Waals surface area contributed by atoms with Gasteiger partial charge in [0.25, 0.3) is 0 Å². The smallest absolute Gasteiger partial charge is 0.174 e. The van der Waals surface area contributed by atoms with Crippen molar-refractivity contribution in [3.63, 3.8) is 0 Å². The van der Waals surface area contributed by atoms with Gasteiger partial charge < -0.3 is 0 Å². The third-order valence-corrected chi connectivity index (χ3v) is 15.9. The Morgan fingerprint density at radius 1 is 0.435 bits per heavy atom. The van der Waals surface area contributed by atoms with Gasteiger partial charge in [0.15, 0.2) is 23.3 Å². The quantitative estimate of drug-likeness (QED) is 0.107. The zero-order valence-corrected chi connectivity index (χ0v) is 40.0. The molecule has 0 amide bonds. The van der Waals surface area contributed by atoms with Gasteiger partial charge in [0.1, 0.15) is 0 Å². The predicted octanol–water partition coefficient (Wildman–Crippen LogP) is 17.3. The topological polar surface area (TPSA) is 64.5 Å². The SMILES string of the molecule is Cc1c(C2=CC=CC2)nc(-c2ccc(-c3cc(-c4ccc(-c5nc(-c6cccs6)nc(-c6cccs6)n5)cc4)cc(-c4cccc5c4ccc4cc6ccccc6cc45)c3)cc2)nc1-c1ccc[pH]1. The molecular weight excluding hydrogens is 898 g/mol. The number of rotatable bonds is 9. The van der Waals surface area contributed by atoms with Crippen molar-refractivity contribution in [2.45, 2.75) is 13.3 Å². The fourth-order valence-corrected chi connectivity index (χ4v) is 11.9. The molecule has 7 aromatic carbocycles. The molecule has 0 spiro atoms. The van der Waals surface area contributed by atoms with E-state index in [0.717, 1.165) is 77.9 Å². The van der Waals surface area contributed by atoms with Gasteiger partial charge in [-0.25, -0.2) is 24.9 Å². The first-order valence-electron chi connectivity index (χ1n) is 23.0. The Morgan fingerprint density at radius 3 is 1.68 bits per heavy atom. The highest BCUT2D eigenvalue weighted by molar-refractivity contribution is 7.33. The van der Waals surface area contributed by atoms with E-state index in [9.17, 15) is 0 Å². The Hall–Kier alpha value is -7.93. The van der Waals surface area contributed by atoms with Gasteiger partial charge in [-0.15, -0.1) is 30.9 Å². The molecule has 0 saturated heterocycles. The van der Waals surface area contributed by atoms with Crippen LogP contribution in [0.5, 0.6) is 0 Å². The summed E-state index contributed by atoms with van der Waals surface area (Å²) in [4.78, 5) is 27.3. The molecule has 326 valence electrons. The number of aromatic nitrogens is 5. The van der Waals surface area contributed by atoms with Crippen molar-refractivity contribution in [3.8, 4) is 88.5 Å². The average Bonchev–Trinajstić information content (AvgIpc) is 4.28. The number of fused-ring (bicyclic) bond motifs is 4. The highest BCUT2D eigenvalue weighted by Crippen LogP contribution is 2.41. The van der Waals surface area contributed by atoms with Crippen LogP contribution < -0.4 is 0 Å². The molecule has 0 fully saturated rings. The average molecular weight is 938 g/mol. The first-order chi connectivity index (χ1) is 34.1. The van der Waals surface area contributed by atoms with Gasteiger partial charge in [-0.3, -0.25) is 0 Å². The molecule has 0 N–H and O–H groups in total. The molecule has 1 aliphatic carbocycles. The highest BCUT2D eigenvalue weighted by atomic mass is 32.1. The molecule has 13 rings (SSSR count). The van der Waals surface area contributed by atoms with Crippen molar-refractivity contribution >= 4 is 68.8 Å². The minimum absolute atomic E-state index is 0.600. The van der Waals surface area contributed by atoms with Crippen LogP contribution in [-0.2, 0) is 0 Å². The second-order valence-corrected chi connectivity index (χ2v) is 20.4. The monoisotopic (exact) mass is 937 g/mol. The van der Waals surface area contributed by atoms with Crippen molar-refractivity contribution in [2.75, 3.05) is 0 Å². The predicted molar refractivity (Wildman–Crippen MR) is 293 cm³/mol. The normalized spacial score (nSPS) is 12.5. The number of benzene rings is 7. The van der Waals surface area contributed by atoms with Gasteiger partial charge in [0, 0.05) is 22.0 Å². The third-order valence-electron chi connectivity index (χ3n) is 13.1. The van der Waals surface area contributed by atoms with Gasteiger partial charge in [-0.2, -0.15) is 0 Å². The van der Waals surface area contributed by atoms with Crippen LogP contribution in [0, 0.1) is 6.92 Å². The summed E-state index contributed by atoms with van der Waals surface area (Å²) in [6.45, 7) is 2.16. The molecular formula is C61H40N5PS2. The minimum atomic E-state index is 0.600. The molecule has 1 aliphatic rings. The summed E-state index contributed by atoms with van der Waals surface area (Å²) in [6, 6.07) is 61.5. The standard InChI is InChI=1S/C61H40N5PS2/c1-37-56(40-10-2-3-11-40)62-58(63-57(37)53-16-7-29-67-53)41-23-19-38(20-24-41)46-33-47(35-48(34-46)49-14-6-15-50-51(49)28-27-45-32-43-12-4-5-13-44(43)36-52(45)50)39-21-25-42(26-22-39)59-64-60(54-17-8-30-68-54)66-61(65-59)55-18-9-31-69-55/h2-10,12-36,67H,11H2,1H3. The lowest BCUT2D eigenvalue weighted by molar-refractivity contribution is 1.08. The number of allylic oxidation sites excluding steroid dienone is 4. The van der Waals surface area contributed by atoms with E-state index >= 15 is 0 Å². The Bertz CT molecular complexity index is 3910.